The summed E-state index contributed by atoms with van der Waals surface area (Å²) in [5.74, 6) is -0.684. The van der Waals surface area contributed by atoms with E-state index in [-0.39, 0.29) is 45.4 Å². The van der Waals surface area contributed by atoms with Gasteiger partial charge in [-0.1, -0.05) is 115 Å². The molecule has 0 saturated carbocycles. The summed E-state index contributed by atoms with van der Waals surface area (Å²) in [6.07, 6.45) is 0.237. The molecule has 4 aromatic rings. The van der Waals surface area contributed by atoms with Gasteiger partial charge in [0.15, 0.2) is 0 Å². The SMILES string of the molecule is Cc1cccc(CN(C(=O)CN(c2ccc(Cl)c(Cl)c2)S(=O)(=O)c2ccccc2)C(Cc2ccccc2)C(=O)NCC(C)C)c1. The molecule has 0 aliphatic carbocycles. The van der Waals surface area contributed by atoms with Gasteiger partial charge >= 0.3 is 0 Å². The second-order valence-electron chi connectivity index (χ2n) is 11.3. The Labute approximate surface area is 275 Å². The number of carbonyl (C=O) groups excluding carboxylic acids is 2. The van der Waals surface area contributed by atoms with E-state index in [4.69, 9.17) is 23.2 Å². The zero-order chi connectivity index (χ0) is 32.6. The van der Waals surface area contributed by atoms with Crippen molar-refractivity contribution in [2.75, 3.05) is 17.4 Å². The molecule has 236 valence electrons. The Kier molecular flexibility index (Phi) is 11.7. The topological polar surface area (TPSA) is 86.8 Å². The van der Waals surface area contributed by atoms with Gasteiger partial charge in [-0.15, -0.1) is 0 Å². The lowest BCUT2D eigenvalue weighted by Gasteiger charge is -2.34. The molecule has 0 fully saturated rings. The third-order valence-electron chi connectivity index (χ3n) is 7.19. The number of nitrogens with one attached hydrogen (secondary N) is 1. The lowest BCUT2D eigenvalue weighted by Crippen LogP contribution is -2.53. The number of aryl methyl sites for hydroxylation is 1. The summed E-state index contributed by atoms with van der Waals surface area (Å²) in [7, 11) is -4.23. The lowest BCUT2D eigenvalue weighted by molar-refractivity contribution is -0.140. The molecule has 0 spiro atoms. The van der Waals surface area contributed by atoms with Gasteiger partial charge in [0.1, 0.15) is 12.6 Å². The molecule has 0 aromatic heterocycles. The maximum Gasteiger partial charge on any atom is 0.264 e. The maximum absolute atomic E-state index is 14.5. The smallest absolute Gasteiger partial charge is 0.264 e. The first-order valence-corrected chi connectivity index (χ1v) is 16.8. The molecule has 4 rings (SSSR count). The predicted octanol–water partition coefficient (Wildman–Crippen LogP) is 6.91. The van der Waals surface area contributed by atoms with Crippen molar-refractivity contribution in [3.8, 4) is 0 Å². The quantitative estimate of drug-likeness (QED) is 0.168. The molecule has 0 radical (unpaired) electrons. The van der Waals surface area contributed by atoms with Crippen molar-refractivity contribution in [2.45, 2.75) is 44.7 Å². The van der Waals surface area contributed by atoms with Crippen LogP contribution in [0.15, 0.2) is 108 Å². The van der Waals surface area contributed by atoms with Crippen LogP contribution in [0.5, 0.6) is 0 Å². The van der Waals surface area contributed by atoms with Crippen molar-refractivity contribution in [1.82, 2.24) is 10.2 Å². The monoisotopic (exact) mass is 665 g/mol. The highest BCUT2D eigenvalue weighted by Gasteiger charge is 2.34. The Morgan fingerprint density at radius 2 is 1.44 bits per heavy atom. The van der Waals surface area contributed by atoms with Gasteiger partial charge in [-0.3, -0.25) is 13.9 Å². The van der Waals surface area contributed by atoms with E-state index in [1.807, 2.05) is 75.4 Å². The molecule has 45 heavy (non-hydrogen) atoms. The number of carbonyl (C=O) groups is 2. The van der Waals surface area contributed by atoms with E-state index < -0.39 is 28.5 Å². The third-order valence-corrected chi connectivity index (χ3v) is 9.72. The van der Waals surface area contributed by atoms with Gasteiger partial charge in [-0.05, 0) is 54.3 Å². The molecule has 1 N–H and O–H groups in total. The van der Waals surface area contributed by atoms with Gasteiger partial charge in [0.2, 0.25) is 11.8 Å². The van der Waals surface area contributed by atoms with Crippen LogP contribution in [0, 0.1) is 12.8 Å². The lowest BCUT2D eigenvalue weighted by atomic mass is 10.0. The van der Waals surface area contributed by atoms with Crippen LogP contribution < -0.4 is 9.62 Å². The molecule has 2 amide bonds. The highest BCUT2D eigenvalue weighted by atomic mass is 35.5. The van der Waals surface area contributed by atoms with Gasteiger partial charge in [0.05, 0.1) is 20.6 Å². The second kappa shape index (κ2) is 15.4. The number of anilines is 1. The van der Waals surface area contributed by atoms with Crippen molar-refractivity contribution < 1.29 is 18.0 Å². The molecule has 4 aromatic carbocycles. The molecule has 0 heterocycles. The Morgan fingerprint density at radius 3 is 2.07 bits per heavy atom. The molecule has 1 unspecified atom stereocenters. The number of rotatable bonds is 13. The second-order valence-corrected chi connectivity index (χ2v) is 14.0. The first-order valence-electron chi connectivity index (χ1n) is 14.6. The maximum atomic E-state index is 14.5. The van der Waals surface area contributed by atoms with Gasteiger partial charge < -0.3 is 10.2 Å². The fourth-order valence-corrected chi connectivity index (χ4v) is 6.59. The number of hydrogen-bond acceptors (Lipinski definition) is 4. The molecule has 0 bridgehead atoms. The molecular weight excluding hydrogens is 629 g/mol. The Morgan fingerprint density at radius 1 is 0.800 bits per heavy atom. The summed E-state index contributed by atoms with van der Waals surface area (Å²) < 4.78 is 29.1. The van der Waals surface area contributed by atoms with Gasteiger partial charge in [0.25, 0.3) is 10.0 Å². The summed E-state index contributed by atoms with van der Waals surface area (Å²) in [4.78, 5) is 29.8. The predicted molar refractivity (Wildman–Crippen MR) is 181 cm³/mol. The van der Waals surface area contributed by atoms with Crippen LogP contribution in [0.3, 0.4) is 0 Å². The average Bonchev–Trinajstić information content (AvgIpc) is 3.02. The number of halogens is 2. The molecule has 7 nitrogen and oxygen atoms in total. The highest BCUT2D eigenvalue weighted by Crippen LogP contribution is 2.31. The molecule has 0 saturated heterocycles. The van der Waals surface area contributed by atoms with Gasteiger partial charge in [-0.25, -0.2) is 8.42 Å². The van der Waals surface area contributed by atoms with Crippen molar-refractivity contribution in [1.29, 1.82) is 0 Å². The van der Waals surface area contributed by atoms with Crippen LogP contribution in [0.25, 0.3) is 0 Å². The minimum Gasteiger partial charge on any atom is -0.354 e. The van der Waals surface area contributed by atoms with Gasteiger partial charge in [0, 0.05) is 19.5 Å². The molecule has 0 aliphatic heterocycles. The Hall–Kier alpha value is -3.85. The summed E-state index contributed by atoms with van der Waals surface area (Å²) in [6.45, 7) is 5.87. The van der Waals surface area contributed by atoms with Crippen molar-refractivity contribution in [3.63, 3.8) is 0 Å². The zero-order valence-corrected chi connectivity index (χ0v) is 27.8. The van der Waals surface area contributed by atoms with E-state index >= 15 is 0 Å². The number of nitrogens with zero attached hydrogens (tertiary/aromatic N) is 2. The summed E-state index contributed by atoms with van der Waals surface area (Å²) in [5.41, 5.74) is 2.83. The molecular formula is C35H37Cl2N3O4S. The van der Waals surface area contributed by atoms with E-state index in [0.29, 0.717) is 6.54 Å². The minimum atomic E-state index is -4.23. The van der Waals surface area contributed by atoms with E-state index in [0.717, 1.165) is 21.0 Å². The fourth-order valence-electron chi connectivity index (χ4n) is 4.87. The number of benzene rings is 4. The van der Waals surface area contributed by atoms with Crippen LogP contribution in [0.4, 0.5) is 5.69 Å². The summed E-state index contributed by atoms with van der Waals surface area (Å²) in [5, 5.41) is 3.38. The molecule has 1 atom stereocenters. The van der Waals surface area contributed by atoms with Crippen molar-refractivity contribution in [2.24, 2.45) is 5.92 Å². The standard InChI is InChI=1S/C35H37Cl2N3O4S/c1-25(2)22-38-35(42)33(20-27-12-6-4-7-13-27)39(23-28-14-10-11-26(3)19-28)34(41)24-40(29-17-18-31(36)32(37)21-29)45(43,44)30-15-8-5-9-16-30/h4-19,21,25,33H,20,22-24H2,1-3H3,(H,38,42). The average molecular weight is 667 g/mol. The highest BCUT2D eigenvalue weighted by molar-refractivity contribution is 7.92. The summed E-state index contributed by atoms with van der Waals surface area (Å²) >= 11 is 12.5. The van der Waals surface area contributed by atoms with Crippen LogP contribution >= 0.6 is 23.2 Å². The van der Waals surface area contributed by atoms with E-state index in [9.17, 15) is 18.0 Å². The van der Waals surface area contributed by atoms with Crippen LogP contribution in [0.2, 0.25) is 10.0 Å². The number of hydrogen-bond donors (Lipinski definition) is 1. The van der Waals surface area contributed by atoms with Gasteiger partial charge in [-0.2, -0.15) is 0 Å². The first kappa shape index (κ1) is 34.0. The Balaban J connectivity index is 1.81. The van der Waals surface area contributed by atoms with Crippen LogP contribution in [-0.2, 0) is 32.6 Å². The molecule has 10 heteroatoms. The zero-order valence-electron chi connectivity index (χ0n) is 25.5. The number of amides is 2. The van der Waals surface area contributed by atoms with Crippen molar-refractivity contribution >= 4 is 50.7 Å². The Bertz CT molecular complexity index is 1720. The minimum absolute atomic E-state index is 0.00428. The number of sulfonamides is 1. The molecule has 0 aliphatic rings. The fraction of sp³-hybridized carbons (Fsp3) is 0.257. The summed E-state index contributed by atoms with van der Waals surface area (Å²) in [6, 6.07) is 28.5. The van der Waals surface area contributed by atoms with E-state index in [1.165, 1.54) is 35.2 Å². The van der Waals surface area contributed by atoms with E-state index in [1.54, 1.807) is 18.2 Å². The third kappa shape index (κ3) is 9.10. The van der Waals surface area contributed by atoms with Crippen molar-refractivity contribution in [3.05, 3.63) is 130 Å². The largest absolute Gasteiger partial charge is 0.354 e. The van der Waals surface area contributed by atoms with Crippen LogP contribution in [-0.4, -0.2) is 44.3 Å². The van der Waals surface area contributed by atoms with E-state index in [2.05, 4.69) is 5.32 Å². The first-order chi connectivity index (χ1) is 21.5. The normalized spacial score (nSPS) is 12.0. The van der Waals surface area contributed by atoms with Crippen LogP contribution in [0.1, 0.15) is 30.5 Å².